The van der Waals surface area contributed by atoms with Crippen LogP contribution in [0.4, 0.5) is 0 Å². The largest absolute Gasteiger partial charge is 0.353 e. The minimum Gasteiger partial charge on any atom is -0.353 e. The lowest BCUT2D eigenvalue weighted by Gasteiger charge is -2.41. The highest BCUT2D eigenvalue weighted by atomic mass is 32.1. The maximum Gasteiger partial charge on any atom is 0.220 e. The summed E-state index contributed by atoms with van der Waals surface area (Å²) in [5.41, 5.74) is 0. The van der Waals surface area contributed by atoms with E-state index in [-0.39, 0.29) is 11.7 Å². The van der Waals surface area contributed by atoms with Crippen LogP contribution in [0.2, 0.25) is 0 Å². The number of hydrogen-bond acceptors (Lipinski definition) is 4. The van der Waals surface area contributed by atoms with Gasteiger partial charge in [0, 0.05) is 30.4 Å². The van der Waals surface area contributed by atoms with Crippen molar-refractivity contribution < 1.29 is 9.59 Å². The summed E-state index contributed by atoms with van der Waals surface area (Å²) >= 11 is 1.57. The van der Waals surface area contributed by atoms with Crippen molar-refractivity contribution in [3.8, 4) is 0 Å². The maximum atomic E-state index is 12.2. The fraction of sp³-hybridized carbons (Fsp3) is 0.600. The highest BCUT2D eigenvalue weighted by molar-refractivity contribution is 7.14. The Labute approximate surface area is 123 Å². The Hall–Kier alpha value is -1.20. The van der Waals surface area contributed by atoms with Crippen LogP contribution in [-0.2, 0) is 4.79 Å². The van der Waals surface area contributed by atoms with Gasteiger partial charge in [0.05, 0.1) is 11.4 Å². The van der Waals surface area contributed by atoms with Gasteiger partial charge in [0.15, 0.2) is 5.78 Å². The molecule has 0 bridgehead atoms. The lowest BCUT2D eigenvalue weighted by atomic mass is 9.85. The van der Waals surface area contributed by atoms with Crippen molar-refractivity contribution in [2.24, 2.45) is 5.92 Å². The second-order valence-corrected chi connectivity index (χ2v) is 7.12. The SMILES string of the molecule is Cc1ccc(C(=O)CN2CCC3NC(=O)CCC3C2)s1. The molecule has 1 N–H and O–H groups in total. The van der Waals surface area contributed by atoms with Crippen LogP contribution in [-0.4, -0.2) is 42.3 Å². The number of ketones is 1. The zero-order valence-corrected chi connectivity index (χ0v) is 12.5. The van der Waals surface area contributed by atoms with Gasteiger partial charge in [-0.05, 0) is 37.8 Å². The zero-order valence-electron chi connectivity index (χ0n) is 11.7. The number of Topliss-reactive ketones (excluding diaryl/α,β-unsaturated/α-hetero) is 1. The predicted molar refractivity (Wildman–Crippen MR) is 79.1 cm³/mol. The smallest absolute Gasteiger partial charge is 0.220 e. The molecule has 5 heteroatoms. The van der Waals surface area contributed by atoms with E-state index in [2.05, 4.69) is 10.2 Å². The number of amides is 1. The molecule has 2 fully saturated rings. The van der Waals surface area contributed by atoms with Gasteiger partial charge in [-0.25, -0.2) is 0 Å². The summed E-state index contributed by atoms with van der Waals surface area (Å²) in [7, 11) is 0. The molecule has 3 rings (SSSR count). The molecule has 108 valence electrons. The van der Waals surface area contributed by atoms with Gasteiger partial charge in [-0.3, -0.25) is 14.5 Å². The molecule has 0 aliphatic carbocycles. The van der Waals surface area contributed by atoms with Crippen molar-refractivity contribution in [1.82, 2.24) is 10.2 Å². The Balaban J connectivity index is 1.57. The molecule has 2 aliphatic heterocycles. The average molecular weight is 292 g/mol. The van der Waals surface area contributed by atoms with Gasteiger partial charge in [0.25, 0.3) is 0 Å². The first-order valence-corrected chi connectivity index (χ1v) is 8.05. The third kappa shape index (κ3) is 2.94. The Morgan fingerprint density at radius 2 is 2.30 bits per heavy atom. The number of aryl methyl sites for hydroxylation is 1. The van der Waals surface area contributed by atoms with Crippen molar-refractivity contribution in [2.75, 3.05) is 19.6 Å². The molecular weight excluding hydrogens is 272 g/mol. The van der Waals surface area contributed by atoms with E-state index in [1.165, 1.54) is 4.88 Å². The van der Waals surface area contributed by atoms with Crippen LogP contribution in [0.3, 0.4) is 0 Å². The van der Waals surface area contributed by atoms with Crippen molar-refractivity contribution in [3.63, 3.8) is 0 Å². The van der Waals surface area contributed by atoms with E-state index in [1.54, 1.807) is 11.3 Å². The van der Waals surface area contributed by atoms with Crippen LogP contribution in [0.5, 0.6) is 0 Å². The first kappa shape index (κ1) is 13.8. The summed E-state index contributed by atoms with van der Waals surface area (Å²) in [4.78, 5) is 27.9. The number of fused-ring (bicyclic) bond motifs is 1. The summed E-state index contributed by atoms with van der Waals surface area (Å²) in [6.45, 7) is 4.37. The van der Waals surface area contributed by atoms with Crippen molar-refractivity contribution in [2.45, 2.75) is 32.2 Å². The lowest BCUT2D eigenvalue weighted by molar-refractivity contribution is -0.125. The summed E-state index contributed by atoms with van der Waals surface area (Å²) in [5.74, 6) is 0.922. The second-order valence-electron chi connectivity index (χ2n) is 5.83. The molecule has 4 nitrogen and oxygen atoms in total. The number of thiophene rings is 1. The fourth-order valence-electron chi connectivity index (χ4n) is 3.19. The van der Waals surface area contributed by atoms with E-state index in [0.717, 1.165) is 30.8 Å². The third-order valence-electron chi connectivity index (χ3n) is 4.29. The van der Waals surface area contributed by atoms with Gasteiger partial charge in [-0.15, -0.1) is 11.3 Å². The van der Waals surface area contributed by atoms with Crippen LogP contribution >= 0.6 is 11.3 Å². The minimum absolute atomic E-state index is 0.185. The van der Waals surface area contributed by atoms with Crippen LogP contribution in [0.15, 0.2) is 12.1 Å². The van der Waals surface area contributed by atoms with E-state index in [9.17, 15) is 9.59 Å². The molecule has 2 atom stereocenters. The van der Waals surface area contributed by atoms with Crippen LogP contribution < -0.4 is 5.32 Å². The van der Waals surface area contributed by atoms with E-state index in [4.69, 9.17) is 0 Å². The molecular formula is C15H20N2O2S. The normalized spacial score (nSPS) is 26.9. The number of carbonyl (C=O) groups excluding carboxylic acids is 2. The number of piperidine rings is 2. The molecule has 20 heavy (non-hydrogen) atoms. The van der Waals surface area contributed by atoms with E-state index in [0.29, 0.717) is 24.9 Å². The van der Waals surface area contributed by atoms with Gasteiger partial charge in [0.2, 0.25) is 5.91 Å². The molecule has 0 radical (unpaired) electrons. The Bertz CT molecular complexity index is 526. The first-order valence-electron chi connectivity index (χ1n) is 7.23. The molecule has 2 unspecified atom stereocenters. The summed E-state index contributed by atoms with van der Waals surface area (Å²) in [5, 5.41) is 3.08. The van der Waals surface area contributed by atoms with E-state index >= 15 is 0 Å². The summed E-state index contributed by atoms with van der Waals surface area (Å²) in [6, 6.07) is 4.25. The molecule has 0 saturated carbocycles. The predicted octanol–water partition coefficient (Wildman–Crippen LogP) is 1.84. The van der Waals surface area contributed by atoms with Gasteiger partial charge >= 0.3 is 0 Å². The van der Waals surface area contributed by atoms with Crippen LogP contribution in [0.25, 0.3) is 0 Å². The maximum absolute atomic E-state index is 12.2. The molecule has 2 saturated heterocycles. The second kappa shape index (κ2) is 5.66. The standard InChI is InChI=1S/C15H20N2O2S/c1-10-2-4-14(20-10)13(18)9-17-7-6-12-11(8-17)3-5-15(19)16-12/h2,4,11-12H,3,5-9H2,1H3,(H,16,19). The zero-order chi connectivity index (χ0) is 14.1. The highest BCUT2D eigenvalue weighted by Crippen LogP contribution is 2.25. The number of nitrogens with one attached hydrogen (secondary N) is 1. The first-order chi connectivity index (χ1) is 9.61. The monoisotopic (exact) mass is 292 g/mol. The Morgan fingerprint density at radius 1 is 1.45 bits per heavy atom. The van der Waals surface area contributed by atoms with Crippen molar-refractivity contribution in [3.05, 3.63) is 21.9 Å². The minimum atomic E-state index is 0.185. The molecule has 0 spiro atoms. The van der Waals surface area contributed by atoms with Crippen molar-refractivity contribution >= 4 is 23.0 Å². The summed E-state index contributed by atoms with van der Waals surface area (Å²) in [6.07, 6.45) is 2.56. The third-order valence-corrected chi connectivity index (χ3v) is 5.33. The summed E-state index contributed by atoms with van der Waals surface area (Å²) < 4.78 is 0. The van der Waals surface area contributed by atoms with E-state index in [1.807, 2.05) is 19.1 Å². The average Bonchev–Trinajstić information content (AvgIpc) is 2.86. The number of likely N-dealkylation sites (tertiary alicyclic amines) is 1. The van der Waals surface area contributed by atoms with Gasteiger partial charge in [-0.1, -0.05) is 0 Å². The van der Waals surface area contributed by atoms with Gasteiger partial charge in [0.1, 0.15) is 0 Å². The molecule has 0 aromatic carbocycles. The topological polar surface area (TPSA) is 49.4 Å². The molecule has 1 aromatic heterocycles. The van der Waals surface area contributed by atoms with Crippen LogP contribution in [0, 0.1) is 12.8 Å². The molecule has 1 aromatic rings. The van der Waals surface area contributed by atoms with Crippen LogP contribution in [0.1, 0.15) is 33.8 Å². The number of rotatable bonds is 3. The highest BCUT2D eigenvalue weighted by Gasteiger charge is 2.34. The van der Waals surface area contributed by atoms with E-state index < -0.39 is 0 Å². The van der Waals surface area contributed by atoms with Gasteiger partial charge < -0.3 is 5.32 Å². The number of hydrogen-bond donors (Lipinski definition) is 1. The molecule has 3 heterocycles. The Kier molecular flexibility index (Phi) is 3.89. The molecule has 2 aliphatic rings. The van der Waals surface area contributed by atoms with Crippen molar-refractivity contribution in [1.29, 1.82) is 0 Å². The quantitative estimate of drug-likeness (QED) is 0.865. The Morgan fingerprint density at radius 3 is 3.05 bits per heavy atom. The fourth-order valence-corrected chi connectivity index (χ4v) is 3.99. The lowest BCUT2D eigenvalue weighted by Crippen LogP contribution is -2.54. The molecule has 1 amide bonds. The van der Waals surface area contributed by atoms with Gasteiger partial charge in [-0.2, -0.15) is 0 Å². The number of nitrogens with zero attached hydrogens (tertiary/aromatic N) is 1. The number of carbonyl (C=O) groups is 2.